The molecule has 2 aromatic rings. The van der Waals surface area contributed by atoms with Crippen molar-refractivity contribution >= 4 is 21.6 Å². The Hall–Kier alpha value is -2.74. The molecule has 8 heteroatoms. The van der Waals surface area contributed by atoms with E-state index in [9.17, 15) is 13.2 Å². The van der Waals surface area contributed by atoms with Crippen molar-refractivity contribution in [2.24, 2.45) is 0 Å². The predicted molar refractivity (Wildman–Crippen MR) is 128 cm³/mol. The van der Waals surface area contributed by atoms with Crippen LogP contribution in [0.15, 0.2) is 42.5 Å². The lowest BCUT2D eigenvalue weighted by molar-refractivity contribution is -0.121. The highest BCUT2D eigenvalue weighted by Gasteiger charge is 2.21. The van der Waals surface area contributed by atoms with Crippen LogP contribution in [0.5, 0.6) is 11.5 Å². The van der Waals surface area contributed by atoms with E-state index in [1.54, 1.807) is 31.4 Å². The number of aryl methyl sites for hydroxylation is 1. The number of ether oxygens (including phenoxy) is 2. The number of carbonyl (C=O) groups excluding carboxylic acids is 1. The number of nitrogens with zero attached hydrogens (tertiary/aromatic N) is 1. The fourth-order valence-corrected chi connectivity index (χ4v) is 4.56. The molecular weight excluding hydrogens is 428 g/mol. The number of carbonyl (C=O) groups is 1. The van der Waals surface area contributed by atoms with E-state index in [0.717, 1.165) is 29.6 Å². The van der Waals surface area contributed by atoms with E-state index >= 15 is 0 Å². The summed E-state index contributed by atoms with van der Waals surface area (Å²) in [6, 6.07) is 12.8. The molecule has 0 aromatic heterocycles. The van der Waals surface area contributed by atoms with Crippen LogP contribution in [0, 0.1) is 6.92 Å². The third kappa shape index (κ3) is 6.88. The molecule has 1 amide bonds. The molecule has 0 aliphatic heterocycles. The SMILES string of the molecule is CCOc1ccccc1N(CCCC(=O)N[C@H](CC)c1ccc(OC)c(C)c1)S(C)(=O)=O. The van der Waals surface area contributed by atoms with Crippen molar-refractivity contribution in [3.05, 3.63) is 53.6 Å². The number of benzene rings is 2. The third-order valence-electron chi connectivity index (χ3n) is 5.16. The molecule has 7 nitrogen and oxygen atoms in total. The molecule has 0 unspecified atom stereocenters. The second kappa shape index (κ2) is 11.8. The Morgan fingerprint density at radius 2 is 1.84 bits per heavy atom. The Morgan fingerprint density at radius 1 is 1.12 bits per heavy atom. The zero-order chi connectivity index (χ0) is 23.7. The lowest BCUT2D eigenvalue weighted by Gasteiger charge is -2.25. The Balaban J connectivity index is 2.03. The lowest BCUT2D eigenvalue weighted by atomic mass is 10.0. The van der Waals surface area contributed by atoms with Crippen molar-refractivity contribution in [2.45, 2.75) is 46.1 Å². The highest BCUT2D eigenvalue weighted by atomic mass is 32.2. The van der Waals surface area contributed by atoms with Crippen molar-refractivity contribution in [1.29, 1.82) is 0 Å². The number of anilines is 1. The average Bonchev–Trinajstić information content (AvgIpc) is 2.75. The summed E-state index contributed by atoms with van der Waals surface area (Å²) in [6.07, 6.45) is 2.51. The summed E-state index contributed by atoms with van der Waals surface area (Å²) in [5.74, 6) is 1.20. The van der Waals surface area contributed by atoms with Gasteiger partial charge in [-0.2, -0.15) is 0 Å². The number of hydrogen-bond donors (Lipinski definition) is 1. The van der Waals surface area contributed by atoms with Crippen molar-refractivity contribution < 1.29 is 22.7 Å². The van der Waals surface area contributed by atoms with Crippen molar-refractivity contribution in [1.82, 2.24) is 5.32 Å². The van der Waals surface area contributed by atoms with Crippen LogP contribution in [0.25, 0.3) is 0 Å². The van der Waals surface area contributed by atoms with Gasteiger partial charge in [0.1, 0.15) is 11.5 Å². The summed E-state index contributed by atoms with van der Waals surface area (Å²) in [5.41, 5.74) is 2.51. The van der Waals surface area contributed by atoms with Gasteiger partial charge in [0.2, 0.25) is 15.9 Å². The highest BCUT2D eigenvalue weighted by Crippen LogP contribution is 2.30. The molecule has 1 N–H and O–H groups in total. The average molecular weight is 463 g/mol. The monoisotopic (exact) mass is 462 g/mol. The number of sulfonamides is 1. The number of rotatable bonds is 12. The quantitative estimate of drug-likeness (QED) is 0.511. The Bertz CT molecular complexity index is 1010. The first-order valence-corrected chi connectivity index (χ1v) is 12.7. The Labute approximate surface area is 191 Å². The van der Waals surface area contributed by atoms with Gasteiger partial charge >= 0.3 is 0 Å². The molecule has 0 saturated heterocycles. The summed E-state index contributed by atoms with van der Waals surface area (Å²) in [7, 11) is -1.90. The normalized spacial score (nSPS) is 12.2. The predicted octanol–water partition coefficient (Wildman–Crippen LogP) is 4.22. The number of para-hydroxylation sites is 2. The summed E-state index contributed by atoms with van der Waals surface area (Å²) >= 11 is 0. The number of nitrogens with one attached hydrogen (secondary N) is 1. The fourth-order valence-electron chi connectivity index (χ4n) is 3.59. The molecule has 1 atom stereocenters. The zero-order valence-corrected chi connectivity index (χ0v) is 20.4. The van der Waals surface area contributed by atoms with E-state index in [1.165, 1.54) is 4.31 Å². The van der Waals surface area contributed by atoms with Crippen LogP contribution in [-0.4, -0.2) is 40.8 Å². The standard InChI is InChI=1S/C24H34N2O5S/c1-6-20(19-14-15-22(30-4)18(3)17-19)25-24(27)13-10-16-26(32(5,28)29)21-11-8-9-12-23(21)31-7-2/h8-9,11-12,14-15,17,20H,6-7,10,13,16H2,1-5H3,(H,25,27)/t20-/m1/s1. The van der Waals surface area contributed by atoms with Gasteiger partial charge in [0.25, 0.3) is 0 Å². The van der Waals surface area contributed by atoms with Gasteiger partial charge in [0, 0.05) is 13.0 Å². The third-order valence-corrected chi connectivity index (χ3v) is 6.34. The minimum Gasteiger partial charge on any atom is -0.496 e. The fraction of sp³-hybridized carbons (Fsp3) is 0.458. The van der Waals surface area contributed by atoms with Crippen molar-refractivity contribution in [3.8, 4) is 11.5 Å². The van der Waals surface area contributed by atoms with E-state index in [2.05, 4.69) is 5.32 Å². The molecule has 2 rings (SSSR count). The molecule has 0 heterocycles. The molecular formula is C24H34N2O5S. The largest absolute Gasteiger partial charge is 0.496 e. The van der Waals surface area contributed by atoms with E-state index in [4.69, 9.17) is 9.47 Å². The number of amides is 1. The topological polar surface area (TPSA) is 84.9 Å². The smallest absolute Gasteiger partial charge is 0.232 e. The second-order valence-corrected chi connectivity index (χ2v) is 9.50. The van der Waals surface area contributed by atoms with Gasteiger partial charge in [-0.25, -0.2) is 8.42 Å². The van der Waals surface area contributed by atoms with Gasteiger partial charge in [-0.15, -0.1) is 0 Å². The maximum atomic E-state index is 12.6. The van der Waals surface area contributed by atoms with Gasteiger partial charge < -0.3 is 14.8 Å². The molecule has 0 spiro atoms. The van der Waals surface area contributed by atoms with E-state index in [-0.39, 0.29) is 24.9 Å². The zero-order valence-electron chi connectivity index (χ0n) is 19.6. The molecule has 32 heavy (non-hydrogen) atoms. The first-order valence-electron chi connectivity index (χ1n) is 10.8. The van der Waals surface area contributed by atoms with Crippen molar-refractivity contribution in [3.63, 3.8) is 0 Å². The summed E-state index contributed by atoms with van der Waals surface area (Å²) in [5, 5.41) is 3.06. The van der Waals surface area contributed by atoms with Crippen LogP contribution >= 0.6 is 0 Å². The van der Waals surface area contributed by atoms with Crippen LogP contribution in [-0.2, 0) is 14.8 Å². The van der Waals surface area contributed by atoms with Gasteiger partial charge in [-0.05, 0) is 56.0 Å². The van der Waals surface area contributed by atoms with Crippen LogP contribution in [0.3, 0.4) is 0 Å². The molecule has 2 aromatic carbocycles. The van der Waals surface area contributed by atoms with E-state index < -0.39 is 10.0 Å². The number of methoxy groups -OCH3 is 1. The first kappa shape index (κ1) is 25.5. The van der Waals surface area contributed by atoms with Gasteiger partial charge in [-0.1, -0.05) is 31.2 Å². The first-order chi connectivity index (χ1) is 15.2. The van der Waals surface area contributed by atoms with Crippen LogP contribution in [0.1, 0.15) is 50.3 Å². The Kier molecular flexibility index (Phi) is 9.38. The molecule has 0 fully saturated rings. The summed E-state index contributed by atoms with van der Waals surface area (Å²) in [6.45, 7) is 6.45. The molecule has 176 valence electrons. The van der Waals surface area contributed by atoms with Gasteiger partial charge in [-0.3, -0.25) is 9.10 Å². The van der Waals surface area contributed by atoms with Crippen LogP contribution < -0.4 is 19.1 Å². The van der Waals surface area contributed by atoms with Crippen LogP contribution in [0.4, 0.5) is 5.69 Å². The van der Waals surface area contributed by atoms with Crippen LogP contribution in [0.2, 0.25) is 0 Å². The van der Waals surface area contributed by atoms with E-state index in [1.807, 2.05) is 39.0 Å². The van der Waals surface area contributed by atoms with E-state index in [0.29, 0.717) is 24.5 Å². The van der Waals surface area contributed by atoms with Gasteiger partial charge in [0.15, 0.2) is 0 Å². The maximum absolute atomic E-state index is 12.6. The summed E-state index contributed by atoms with van der Waals surface area (Å²) < 4.78 is 37.0. The maximum Gasteiger partial charge on any atom is 0.232 e. The molecule has 0 aliphatic carbocycles. The molecule has 0 radical (unpaired) electrons. The van der Waals surface area contributed by atoms with Gasteiger partial charge in [0.05, 0.1) is 31.7 Å². The molecule has 0 bridgehead atoms. The molecule has 0 aliphatic rings. The van der Waals surface area contributed by atoms with Crippen molar-refractivity contribution in [2.75, 3.05) is 30.8 Å². The Morgan fingerprint density at radius 3 is 2.44 bits per heavy atom. The second-order valence-electron chi connectivity index (χ2n) is 7.60. The minimum atomic E-state index is -3.53. The summed E-state index contributed by atoms with van der Waals surface area (Å²) in [4.78, 5) is 12.6. The minimum absolute atomic E-state index is 0.114. The number of hydrogen-bond acceptors (Lipinski definition) is 5. The molecule has 0 saturated carbocycles. The lowest BCUT2D eigenvalue weighted by Crippen LogP contribution is -2.33. The highest BCUT2D eigenvalue weighted by molar-refractivity contribution is 7.92.